The molecule has 0 saturated carbocycles. The summed E-state index contributed by atoms with van der Waals surface area (Å²) in [5.74, 6) is 0.827. The molecule has 1 fully saturated rings. The summed E-state index contributed by atoms with van der Waals surface area (Å²) >= 11 is 0. The van der Waals surface area contributed by atoms with E-state index in [2.05, 4.69) is 22.2 Å². The van der Waals surface area contributed by atoms with Gasteiger partial charge < -0.3 is 10.2 Å². The molecule has 0 radical (unpaired) electrons. The summed E-state index contributed by atoms with van der Waals surface area (Å²) in [4.78, 5) is 21.8. The minimum absolute atomic E-state index is 0.0276. The van der Waals surface area contributed by atoms with Crippen molar-refractivity contribution in [2.45, 2.75) is 116 Å². The molecule has 0 bridgehead atoms. The van der Waals surface area contributed by atoms with E-state index in [1.54, 1.807) is 0 Å². The van der Waals surface area contributed by atoms with Crippen LogP contribution in [0.15, 0.2) is 6.33 Å². The molecular weight excluding hydrogens is 402 g/mol. The van der Waals surface area contributed by atoms with Crippen LogP contribution in [0, 0.1) is 10.1 Å². The summed E-state index contributed by atoms with van der Waals surface area (Å²) in [6.45, 7) is 4.65. The maximum atomic E-state index is 11.7. The second-order valence-electron chi connectivity index (χ2n) is 9.22. The summed E-state index contributed by atoms with van der Waals surface area (Å²) in [7, 11) is 0. The first-order valence-electron chi connectivity index (χ1n) is 13.2. The maximum absolute atomic E-state index is 11.7. The number of nitro groups is 1. The van der Waals surface area contributed by atoms with Gasteiger partial charge in [0.25, 0.3) is 0 Å². The number of unbranched alkanes of at least 4 members (excludes halogenated alkanes) is 13. The fourth-order valence-corrected chi connectivity index (χ4v) is 4.53. The highest BCUT2D eigenvalue weighted by Crippen LogP contribution is 2.33. The molecule has 2 rings (SSSR count). The van der Waals surface area contributed by atoms with Gasteiger partial charge in [-0.05, 0) is 25.7 Å². The lowest BCUT2D eigenvalue weighted by Crippen LogP contribution is -2.31. The summed E-state index contributed by atoms with van der Waals surface area (Å²) in [6, 6.07) is 0. The average Bonchev–Trinajstić information content (AvgIpc) is 2.81. The van der Waals surface area contributed by atoms with Crippen LogP contribution in [0.4, 0.5) is 17.3 Å². The molecule has 1 aliphatic rings. The molecule has 1 saturated heterocycles. The Hall–Kier alpha value is -1.92. The molecule has 1 aromatic rings. The number of nitrogens with zero attached hydrogens (tertiary/aromatic N) is 4. The van der Waals surface area contributed by atoms with Gasteiger partial charge in [-0.2, -0.15) is 0 Å². The molecule has 0 amide bonds. The van der Waals surface area contributed by atoms with Crippen molar-refractivity contribution < 1.29 is 4.92 Å². The molecule has 0 unspecified atom stereocenters. The highest BCUT2D eigenvalue weighted by atomic mass is 16.6. The van der Waals surface area contributed by atoms with E-state index in [0.29, 0.717) is 11.6 Å². The molecule has 1 aromatic heterocycles. The van der Waals surface area contributed by atoms with Crippen LogP contribution in [0.1, 0.15) is 116 Å². The van der Waals surface area contributed by atoms with Crippen molar-refractivity contribution in [2.24, 2.45) is 0 Å². The quantitative estimate of drug-likeness (QED) is 0.145. The van der Waals surface area contributed by atoms with E-state index in [9.17, 15) is 10.1 Å². The molecule has 0 aliphatic carbocycles. The first-order valence-corrected chi connectivity index (χ1v) is 13.2. The Kier molecular flexibility index (Phi) is 13.7. The van der Waals surface area contributed by atoms with E-state index in [1.807, 2.05) is 4.90 Å². The Morgan fingerprint density at radius 1 is 0.844 bits per heavy atom. The van der Waals surface area contributed by atoms with Crippen LogP contribution in [-0.4, -0.2) is 34.5 Å². The second kappa shape index (κ2) is 16.7. The Bertz CT molecular complexity index is 635. The van der Waals surface area contributed by atoms with Gasteiger partial charge >= 0.3 is 5.69 Å². The summed E-state index contributed by atoms with van der Waals surface area (Å²) in [5.41, 5.74) is 0.0276. The van der Waals surface area contributed by atoms with Crippen molar-refractivity contribution in [3.05, 3.63) is 16.4 Å². The fourth-order valence-electron chi connectivity index (χ4n) is 4.53. The number of piperidine rings is 1. The molecule has 1 N–H and O–H groups in total. The summed E-state index contributed by atoms with van der Waals surface area (Å²) < 4.78 is 0. The molecule has 7 nitrogen and oxygen atoms in total. The normalized spacial score (nSPS) is 14.0. The number of rotatable bonds is 18. The van der Waals surface area contributed by atoms with Crippen LogP contribution < -0.4 is 10.2 Å². The zero-order valence-corrected chi connectivity index (χ0v) is 20.3. The van der Waals surface area contributed by atoms with Crippen molar-refractivity contribution in [2.75, 3.05) is 29.9 Å². The van der Waals surface area contributed by atoms with E-state index in [0.717, 1.165) is 45.3 Å². The Balaban J connectivity index is 1.55. The standard InChI is InChI=1S/C25H45N5O2/c1-2-3-4-5-6-7-8-9-10-11-12-13-14-16-19-26-24-23(30(31)32)25(28-22-27-24)29-20-17-15-18-21-29/h22H,2-21H2,1H3,(H,26,27,28). The third-order valence-electron chi connectivity index (χ3n) is 6.46. The van der Waals surface area contributed by atoms with E-state index >= 15 is 0 Å². The molecule has 1 aliphatic heterocycles. The van der Waals surface area contributed by atoms with Gasteiger partial charge in [-0.25, -0.2) is 9.97 Å². The largest absolute Gasteiger partial charge is 0.364 e. The van der Waals surface area contributed by atoms with Crippen LogP contribution >= 0.6 is 0 Å². The van der Waals surface area contributed by atoms with Crippen molar-refractivity contribution in [1.29, 1.82) is 0 Å². The molecule has 7 heteroatoms. The van der Waals surface area contributed by atoms with E-state index in [4.69, 9.17) is 0 Å². The predicted octanol–water partition coefficient (Wildman–Crippen LogP) is 7.27. The van der Waals surface area contributed by atoms with Crippen LogP contribution in [0.5, 0.6) is 0 Å². The minimum Gasteiger partial charge on any atom is -0.364 e. The third kappa shape index (κ3) is 10.1. The molecule has 32 heavy (non-hydrogen) atoms. The van der Waals surface area contributed by atoms with Gasteiger partial charge in [0.1, 0.15) is 6.33 Å². The minimum atomic E-state index is -0.336. The molecule has 2 heterocycles. The Morgan fingerprint density at radius 2 is 1.38 bits per heavy atom. The number of aromatic nitrogens is 2. The SMILES string of the molecule is CCCCCCCCCCCCCCCCNc1ncnc(N2CCCCC2)c1[N+](=O)[O-]. The number of anilines is 2. The van der Waals surface area contributed by atoms with Crippen LogP contribution in [0.25, 0.3) is 0 Å². The Labute approximate surface area is 194 Å². The zero-order valence-electron chi connectivity index (χ0n) is 20.3. The van der Waals surface area contributed by atoms with E-state index in [-0.39, 0.29) is 10.6 Å². The average molecular weight is 448 g/mol. The van der Waals surface area contributed by atoms with Crippen LogP contribution in [0.2, 0.25) is 0 Å². The van der Waals surface area contributed by atoms with Gasteiger partial charge in [0.2, 0.25) is 11.6 Å². The van der Waals surface area contributed by atoms with E-state index < -0.39 is 0 Å². The number of nitrogens with one attached hydrogen (secondary N) is 1. The lowest BCUT2D eigenvalue weighted by Gasteiger charge is -2.27. The van der Waals surface area contributed by atoms with Crippen LogP contribution in [-0.2, 0) is 0 Å². The topological polar surface area (TPSA) is 84.2 Å². The highest BCUT2D eigenvalue weighted by Gasteiger charge is 2.27. The van der Waals surface area contributed by atoms with Crippen molar-refractivity contribution in [1.82, 2.24) is 9.97 Å². The van der Waals surface area contributed by atoms with Gasteiger partial charge in [0.05, 0.1) is 4.92 Å². The van der Waals surface area contributed by atoms with Crippen molar-refractivity contribution in [3.8, 4) is 0 Å². The molecular formula is C25H45N5O2. The number of hydrogen-bond donors (Lipinski definition) is 1. The Morgan fingerprint density at radius 3 is 1.91 bits per heavy atom. The van der Waals surface area contributed by atoms with Crippen molar-refractivity contribution in [3.63, 3.8) is 0 Å². The molecule has 0 spiro atoms. The molecule has 0 aromatic carbocycles. The maximum Gasteiger partial charge on any atom is 0.353 e. The first-order chi connectivity index (χ1) is 15.7. The summed E-state index contributed by atoms with van der Waals surface area (Å²) in [6.07, 6.45) is 23.3. The van der Waals surface area contributed by atoms with Crippen molar-refractivity contribution >= 4 is 17.3 Å². The highest BCUT2D eigenvalue weighted by molar-refractivity contribution is 5.70. The fraction of sp³-hybridized carbons (Fsp3) is 0.840. The summed E-state index contributed by atoms with van der Waals surface area (Å²) in [5, 5.41) is 14.9. The van der Waals surface area contributed by atoms with Gasteiger partial charge in [-0.3, -0.25) is 10.1 Å². The third-order valence-corrected chi connectivity index (χ3v) is 6.46. The monoisotopic (exact) mass is 447 g/mol. The molecule has 182 valence electrons. The first kappa shape index (κ1) is 26.3. The predicted molar refractivity (Wildman–Crippen MR) is 134 cm³/mol. The second-order valence-corrected chi connectivity index (χ2v) is 9.22. The van der Waals surface area contributed by atoms with Gasteiger partial charge in [-0.15, -0.1) is 0 Å². The lowest BCUT2D eigenvalue weighted by molar-refractivity contribution is -0.383. The van der Waals surface area contributed by atoms with Crippen LogP contribution in [0.3, 0.4) is 0 Å². The van der Waals surface area contributed by atoms with Gasteiger partial charge in [0.15, 0.2) is 0 Å². The van der Waals surface area contributed by atoms with Gasteiger partial charge in [0, 0.05) is 19.6 Å². The smallest absolute Gasteiger partial charge is 0.353 e. The zero-order chi connectivity index (χ0) is 22.9. The molecule has 0 atom stereocenters. The lowest BCUT2D eigenvalue weighted by atomic mass is 10.0. The van der Waals surface area contributed by atoms with Gasteiger partial charge in [-0.1, -0.05) is 90.4 Å². The van der Waals surface area contributed by atoms with E-state index in [1.165, 1.54) is 89.8 Å². The number of hydrogen-bond acceptors (Lipinski definition) is 6.